The number of carbonyl (C=O) groups excluding carboxylic acids is 2. The third kappa shape index (κ3) is 4.26. The summed E-state index contributed by atoms with van der Waals surface area (Å²) < 4.78 is 0. The van der Waals surface area contributed by atoms with Crippen LogP contribution in [-0.4, -0.2) is 59.3 Å². The van der Waals surface area contributed by atoms with Gasteiger partial charge in [-0.15, -0.1) is 0 Å². The van der Waals surface area contributed by atoms with Crippen molar-refractivity contribution in [3.63, 3.8) is 0 Å². The zero-order valence-electron chi connectivity index (χ0n) is 15.2. The fourth-order valence-electron chi connectivity index (χ4n) is 3.07. The van der Waals surface area contributed by atoms with Crippen molar-refractivity contribution < 1.29 is 9.59 Å². The van der Waals surface area contributed by atoms with Crippen molar-refractivity contribution in [2.45, 2.75) is 13.8 Å². The van der Waals surface area contributed by atoms with Crippen LogP contribution in [0.2, 0.25) is 0 Å². The number of nitrogens with one attached hydrogen (secondary N) is 1. The molecule has 2 aromatic rings. The molecule has 3 rings (SSSR count). The fraction of sp³-hybridized carbons (Fsp3) is 0.350. The first-order chi connectivity index (χ1) is 12.5. The van der Waals surface area contributed by atoms with E-state index in [0.717, 1.165) is 16.8 Å². The summed E-state index contributed by atoms with van der Waals surface area (Å²) in [6.45, 7) is 7.01. The lowest BCUT2D eigenvalue weighted by atomic mass is 10.1. The summed E-state index contributed by atoms with van der Waals surface area (Å²) in [4.78, 5) is 32.6. The van der Waals surface area contributed by atoms with Crippen LogP contribution in [0.3, 0.4) is 0 Å². The van der Waals surface area contributed by atoms with Crippen LogP contribution in [-0.2, 0) is 4.79 Å². The Hall–Kier alpha value is -2.73. The maximum atomic E-state index is 12.4. The van der Waals surface area contributed by atoms with Crippen LogP contribution in [0.5, 0.6) is 0 Å². The second kappa shape index (κ2) is 8.10. The number of amides is 2. The molecule has 26 heavy (non-hydrogen) atoms. The smallest absolute Gasteiger partial charge is 0.254 e. The number of hydrogen-bond donors (Lipinski definition) is 1. The van der Waals surface area contributed by atoms with E-state index in [2.05, 4.69) is 15.2 Å². The number of anilines is 1. The minimum atomic E-state index is -0.0207. The SMILES string of the molecule is Cc1cccc(NC(=O)CN2CCN(C(=O)c3ccncc3)CC2)c1C. The third-order valence-electron chi connectivity index (χ3n) is 4.83. The standard InChI is InChI=1S/C20H24N4O2/c1-15-4-3-5-18(16(15)2)22-19(25)14-23-10-12-24(13-11-23)20(26)17-6-8-21-9-7-17/h3-9H,10-14H2,1-2H3,(H,22,25). The van der Waals surface area contributed by atoms with Gasteiger partial charge in [-0.05, 0) is 43.2 Å². The summed E-state index contributed by atoms with van der Waals surface area (Å²) in [5.74, 6) is -0.000465. The molecule has 2 amide bonds. The van der Waals surface area contributed by atoms with Gasteiger partial charge in [0, 0.05) is 49.8 Å². The number of nitrogens with zero attached hydrogens (tertiary/aromatic N) is 3. The molecular formula is C20H24N4O2. The lowest BCUT2D eigenvalue weighted by Gasteiger charge is -2.34. The largest absolute Gasteiger partial charge is 0.336 e. The van der Waals surface area contributed by atoms with Gasteiger partial charge in [0.05, 0.1) is 6.54 Å². The zero-order chi connectivity index (χ0) is 18.5. The summed E-state index contributed by atoms with van der Waals surface area (Å²) in [5.41, 5.74) is 3.77. The van der Waals surface area contributed by atoms with Crippen molar-refractivity contribution >= 4 is 17.5 Å². The Bertz CT molecular complexity index is 784. The number of aryl methyl sites for hydroxylation is 1. The van der Waals surface area contributed by atoms with Crippen LogP contribution in [0.25, 0.3) is 0 Å². The molecule has 1 N–H and O–H groups in total. The molecule has 2 heterocycles. The fourth-order valence-corrected chi connectivity index (χ4v) is 3.07. The Morgan fingerprint density at radius 3 is 2.42 bits per heavy atom. The average Bonchev–Trinajstić information content (AvgIpc) is 2.66. The third-order valence-corrected chi connectivity index (χ3v) is 4.83. The Balaban J connectivity index is 1.50. The molecular weight excluding hydrogens is 328 g/mol. The van der Waals surface area contributed by atoms with E-state index in [9.17, 15) is 9.59 Å². The second-order valence-corrected chi connectivity index (χ2v) is 6.60. The quantitative estimate of drug-likeness (QED) is 0.915. The highest BCUT2D eigenvalue weighted by molar-refractivity contribution is 5.94. The Morgan fingerprint density at radius 1 is 1.04 bits per heavy atom. The van der Waals surface area contributed by atoms with E-state index in [1.165, 1.54) is 0 Å². The average molecular weight is 352 g/mol. The van der Waals surface area contributed by atoms with Crippen LogP contribution < -0.4 is 5.32 Å². The maximum absolute atomic E-state index is 12.4. The zero-order valence-corrected chi connectivity index (χ0v) is 15.2. The highest BCUT2D eigenvalue weighted by atomic mass is 16.2. The maximum Gasteiger partial charge on any atom is 0.254 e. The first-order valence-electron chi connectivity index (χ1n) is 8.82. The Kier molecular flexibility index (Phi) is 5.63. The van der Waals surface area contributed by atoms with Crippen molar-refractivity contribution in [1.82, 2.24) is 14.8 Å². The number of hydrogen-bond acceptors (Lipinski definition) is 4. The van der Waals surface area contributed by atoms with E-state index in [4.69, 9.17) is 0 Å². The molecule has 0 saturated carbocycles. The molecule has 1 saturated heterocycles. The van der Waals surface area contributed by atoms with E-state index < -0.39 is 0 Å². The number of rotatable bonds is 4. The molecule has 0 unspecified atom stereocenters. The summed E-state index contributed by atoms with van der Waals surface area (Å²) in [6.07, 6.45) is 3.25. The van der Waals surface area contributed by atoms with Crippen LogP contribution in [0.4, 0.5) is 5.69 Å². The molecule has 1 aliphatic rings. The highest BCUT2D eigenvalue weighted by Gasteiger charge is 2.23. The molecule has 0 bridgehead atoms. The van der Waals surface area contributed by atoms with Crippen molar-refractivity contribution in [2.75, 3.05) is 38.0 Å². The van der Waals surface area contributed by atoms with Crippen molar-refractivity contribution in [2.24, 2.45) is 0 Å². The number of pyridine rings is 1. The first-order valence-corrected chi connectivity index (χ1v) is 8.82. The molecule has 6 nitrogen and oxygen atoms in total. The summed E-state index contributed by atoms with van der Waals surface area (Å²) >= 11 is 0. The van der Waals surface area contributed by atoms with Gasteiger partial charge in [-0.2, -0.15) is 0 Å². The van der Waals surface area contributed by atoms with Gasteiger partial charge in [-0.1, -0.05) is 12.1 Å². The molecule has 0 atom stereocenters. The molecule has 0 spiro atoms. The van der Waals surface area contributed by atoms with E-state index in [-0.39, 0.29) is 11.8 Å². The molecule has 1 fully saturated rings. The van der Waals surface area contributed by atoms with E-state index >= 15 is 0 Å². The molecule has 1 aliphatic heterocycles. The minimum absolute atomic E-state index is 0.0203. The van der Waals surface area contributed by atoms with Crippen molar-refractivity contribution in [3.8, 4) is 0 Å². The molecule has 136 valence electrons. The molecule has 0 aliphatic carbocycles. The van der Waals surface area contributed by atoms with E-state index in [1.807, 2.05) is 36.9 Å². The topological polar surface area (TPSA) is 65.5 Å². The number of piperazine rings is 1. The number of aromatic nitrogens is 1. The highest BCUT2D eigenvalue weighted by Crippen LogP contribution is 2.18. The molecule has 1 aromatic heterocycles. The summed E-state index contributed by atoms with van der Waals surface area (Å²) in [6, 6.07) is 9.36. The summed E-state index contributed by atoms with van der Waals surface area (Å²) in [5, 5.41) is 2.99. The summed E-state index contributed by atoms with van der Waals surface area (Å²) in [7, 11) is 0. The predicted octanol–water partition coefficient (Wildman–Crippen LogP) is 2.09. The second-order valence-electron chi connectivity index (χ2n) is 6.60. The molecule has 0 radical (unpaired) electrons. The normalized spacial score (nSPS) is 14.9. The number of carbonyl (C=O) groups is 2. The Labute approximate surface area is 153 Å². The lowest BCUT2D eigenvalue weighted by Crippen LogP contribution is -2.50. The van der Waals surface area contributed by atoms with Crippen molar-refractivity contribution in [3.05, 3.63) is 59.4 Å². The molecule has 1 aromatic carbocycles. The minimum Gasteiger partial charge on any atom is -0.336 e. The first kappa shape index (κ1) is 18.1. The van der Waals surface area contributed by atoms with Crippen LogP contribution in [0.15, 0.2) is 42.7 Å². The van der Waals surface area contributed by atoms with Gasteiger partial charge in [0.2, 0.25) is 5.91 Å². The van der Waals surface area contributed by atoms with Crippen LogP contribution in [0.1, 0.15) is 21.5 Å². The predicted molar refractivity (Wildman–Crippen MR) is 101 cm³/mol. The van der Waals surface area contributed by atoms with Gasteiger partial charge in [0.25, 0.3) is 5.91 Å². The molecule has 6 heteroatoms. The van der Waals surface area contributed by atoms with Gasteiger partial charge < -0.3 is 10.2 Å². The van der Waals surface area contributed by atoms with Gasteiger partial charge in [-0.25, -0.2) is 0 Å². The Morgan fingerprint density at radius 2 is 1.73 bits per heavy atom. The van der Waals surface area contributed by atoms with Gasteiger partial charge in [0.1, 0.15) is 0 Å². The van der Waals surface area contributed by atoms with E-state index in [0.29, 0.717) is 38.3 Å². The van der Waals surface area contributed by atoms with E-state index in [1.54, 1.807) is 24.5 Å². The lowest BCUT2D eigenvalue weighted by molar-refractivity contribution is -0.117. The monoisotopic (exact) mass is 352 g/mol. The van der Waals surface area contributed by atoms with Gasteiger partial charge in [0.15, 0.2) is 0 Å². The van der Waals surface area contributed by atoms with Crippen LogP contribution >= 0.6 is 0 Å². The van der Waals surface area contributed by atoms with Gasteiger partial charge in [-0.3, -0.25) is 19.5 Å². The van der Waals surface area contributed by atoms with Crippen molar-refractivity contribution in [1.29, 1.82) is 0 Å². The van der Waals surface area contributed by atoms with Crippen LogP contribution in [0, 0.1) is 13.8 Å². The van der Waals surface area contributed by atoms with Gasteiger partial charge >= 0.3 is 0 Å². The number of benzene rings is 1.